The van der Waals surface area contributed by atoms with Gasteiger partial charge in [0.05, 0.1) is 6.42 Å². The summed E-state index contributed by atoms with van der Waals surface area (Å²) in [5, 5.41) is 18.4. The molecule has 0 atom stereocenters. The first-order valence-electron chi connectivity index (χ1n) is 6.69. The molecule has 22 heavy (non-hydrogen) atoms. The van der Waals surface area contributed by atoms with Crippen LogP contribution in [0.5, 0.6) is 17.5 Å². The van der Waals surface area contributed by atoms with Gasteiger partial charge >= 0.3 is 5.97 Å². The Hall–Kier alpha value is -2.34. The van der Waals surface area contributed by atoms with Crippen molar-refractivity contribution in [3.63, 3.8) is 0 Å². The topological polar surface area (TPSA) is 82.5 Å². The highest BCUT2D eigenvalue weighted by atomic mass is 32.2. The van der Waals surface area contributed by atoms with Gasteiger partial charge in [0.1, 0.15) is 0 Å². The van der Waals surface area contributed by atoms with Crippen LogP contribution in [0.15, 0.2) is 36.9 Å². The number of benzene rings is 1. The number of carbonyl (C=O) groups is 1. The zero-order valence-electron chi connectivity index (χ0n) is 11.9. The van der Waals surface area contributed by atoms with E-state index in [1.165, 1.54) is 5.56 Å². The van der Waals surface area contributed by atoms with Gasteiger partial charge in [-0.2, -0.15) is 11.8 Å². The van der Waals surface area contributed by atoms with Gasteiger partial charge in [-0.25, -0.2) is 0 Å². The minimum absolute atomic E-state index is 0.0625. The number of hydrogen-bond donors (Lipinski definition) is 3. The van der Waals surface area contributed by atoms with Crippen LogP contribution in [0.1, 0.15) is 17.5 Å². The fourth-order valence-electron chi connectivity index (χ4n) is 1.76. The maximum Gasteiger partial charge on any atom is 0.312 e. The Morgan fingerprint density at radius 2 is 2.05 bits per heavy atom. The van der Waals surface area contributed by atoms with E-state index in [1.807, 2.05) is 24.3 Å². The Bertz CT molecular complexity index is 649. The molecule has 3 N–H and O–H groups in total. The summed E-state index contributed by atoms with van der Waals surface area (Å²) in [7, 11) is 0. The third kappa shape index (κ3) is 4.60. The highest BCUT2D eigenvalue weighted by Crippen LogP contribution is 2.29. The van der Waals surface area contributed by atoms with Crippen molar-refractivity contribution in [3.8, 4) is 17.5 Å². The van der Waals surface area contributed by atoms with Gasteiger partial charge in [0.25, 0.3) is 0 Å². The van der Waals surface area contributed by atoms with E-state index in [4.69, 9.17) is 9.84 Å². The lowest BCUT2D eigenvalue weighted by molar-refractivity contribution is -0.134. The molecular formula is C16H17NO4S. The molecule has 0 unspecified atom stereocenters. The smallest absolute Gasteiger partial charge is 0.312 e. The van der Waals surface area contributed by atoms with Crippen LogP contribution < -0.4 is 4.74 Å². The summed E-state index contributed by atoms with van der Waals surface area (Å²) in [5.74, 6) is 0.287. The minimum atomic E-state index is -0.455. The standard InChI is InChI=1S/C16H17NO4S/c1-2-11-3-5-12(6-4-11)10-22-8-7-15(19)21-13-9-14(18)17-16(13)20/h2-6,9,17-18,20H,1,7-8,10H2. The van der Waals surface area contributed by atoms with Crippen LogP contribution >= 0.6 is 11.8 Å². The molecule has 0 saturated carbocycles. The van der Waals surface area contributed by atoms with E-state index in [9.17, 15) is 9.90 Å². The average Bonchev–Trinajstić information content (AvgIpc) is 2.82. The molecule has 0 spiro atoms. The quantitative estimate of drug-likeness (QED) is 0.539. The van der Waals surface area contributed by atoms with Crippen molar-refractivity contribution in [1.82, 2.24) is 4.98 Å². The van der Waals surface area contributed by atoms with Crippen molar-refractivity contribution in [1.29, 1.82) is 0 Å². The second kappa shape index (κ2) is 7.61. The van der Waals surface area contributed by atoms with E-state index >= 15 is 0 Å². The van der Waals surface area contributed by atoms with Crippen molar-refractivity contribution in [2.45, 2.75) is 12.2 Å². The molecule has 0 saturated heterocycles. The number of aromatic hydroxyl groups is 2. The Kier molecular flexibility index (Phi) is 5.55. The molecule has 6 heteroatoms. The summed E-state index contributed by atoms with van der Waals surface area (Å²) in [6, 6.07) is 9.21. The molecule has 1 aromatic heterocycles. The lowest BCUT2D eigenvalue weighted by Crippen LogP contribution is -2.08. The molecule has 0 amide bonds. The van der Waals surface area contributed by atoms with Crippen molar-refractivity contribution >= 4 is 23.8 Å². The van der Waals surface area contributed by atoms with Gasteiger partial charge in [0, 0.05) is 17.6 Å². The number of aromatic amines is 1. The number of rotatable bonds is 7. The van der Waals surface area contributed by atoms with E-state index < -0.39 is 5.97 Å². The van der Waals surface area contributed by atoms with Crippen LogP contribution in [-0.4, -0.2) is 26.9 Å². The summed E-state index contributed by atoms with van der Waals surface area (Å²) in [6.45, 7) is 3.71. The van der Waals surface area contributed by atoms with E-state index in [1.54, 1.807) is 17.8 Å². The minimum Gasteiger partial charge on any atom is -0.494 e. The van der Waals surface area contributed by atoms with E-state index in [-0.39, 0.29) is 23.9 Å². The Labute approximate surface area is 132 Å². The first-order valence-corrected chi connectivity index (χ1v) is 7.84. The van der Waals surface area contributed by atoms with Crippen molar-refractivity contribution in [2.75, 3.05) is 5.75 Å². The van der Waals surface area contributed by atoms with Crippen molar-refractivity contribution < 1.29 is 19.7 Å². The third-order valence-electron chi connectivity index (χ3n) is 2.91. The number of aromatic nitrogens is 1. The fourth-order valence-corrected chi connectivity index (χ4v) is 2.64. The maximum atomic E-state index is 11.6. The SMILES string of the molecule is C=Cc1ccc(CSCCC(=O)Oc2cc(O)[nH]c2O)cc1. The number of hydrogen-bond acceptors (Lipinski definition) is 5. The predicted molar refractivity (Wildman–Crippen MR) is 87.1 cm³/mol. The zero-order chi connectivity index (χ0) is 15.9. The molecule has 2 aromatic rings. The van der Waals surface area contributed by atoms with Gasteiger partial charge in [-0.3, -0.25) is 9.78 Å². The van der Waals surface area contributed by atoms with Crippen LogP contribution in [0, 0.1) is 0 Å². The highest BCUT2D eigenvalue weighted by Gasteiger charge is 2.12. The van der Waals surface area contributed by atoms with Gasteiger partial charge in [0.15, 0.2) is 11.6 Å². The molecule has 116 valence electrons. The Morgan fingerprint density at radius 3 is 2.64 bits per heavy atom. The molecule has 0 aliphatic heterocycles. The Morgan fingerprint density at radius 1 is 1.32 bits per heavy atom. The first-order chi connectivity index (χ1) is 10.6. The van der Waals surface area contributed by atoms with Gasteiger partial charge in [0.2, 0.25) is 5.88 Å². The van der Waals surface area contributed by atoms with Gasteiger partial charge < -0.3 is 14.9 Å². The lowest BCUT2D eigenvalue weighted by Gasteiger charge is -2.04. The molecule has 1 heterocycles. The molecule has 0 aliphatic carbocycles. The van der Waals surface area contributed by atoms with E-state index in [0.29, 0.717) is 5.75 Å². The normalized spacial score (nSPS) is 10.4. The highest BCUT2D eigenvalue weighted by molar-refractivity contribution is 7.98. The van der Waals surface area contributed by atoms with Crippen LogP contribution in [0.4, 0.5) is 0 Å². The molecular weight excluding hydrogens is 302 g/mol. The third-order valence-corrected chi connectivity index (χ3v) is 3.94. The first kappa shape index (κ1) is 16.0. The second-order valence-electron chi connectivity index (χ2n) is 4.59. The summed E-state index contributed by atoms with van der Waals surface area (Å²) in [5.41, 5.74) is 2.25. The number of H-pyrrole nitrogens is 1. The largest absolute Gasteiger partial charge is 0.494 e. The predicted octanol–water partition coefficient (Wildman–Crippen LogP) is 3.30. The maximum absolute atomic E-state index is 11.6. The summed E-state index contributed by atoms with van der Waals surface area (Å²) in [6.07, 6.45) is 2.02. The van der Waals surface area contributed by atoms with Crippen LogP contribution in [0.2, 0.25) is 0 Å². The number of carbonyl (C=O) groups excluding carboxylic acids is 1. The molecule has 0 bridgehead atoms. The zero-order valence-corrected chi connectivity index (χ0v) is 12.7. The molecule has 1 aromatic carbocycles. The number of thioether (sulfide) groups is 1. The second-order valence-corrected chi connectivity index (χ2v) is 5.69. The number of nitrogens with one attached hydrogen (secondary N) is 1. The monoisotopic (exact) mass is 319 g/mol. The molecule has 5 nitrogen and oxygen atoms in total. The molecule has 2 rings (SSSR count). The summed E-state index contributed by atoms with van der Waals surface area (Å²) in [4.78, 5) is 13.8. The van der Waals surface area contributed by atoms with Crippen LogP contribution in [-0.2, 0) is 10.5 Å². The molecule has 0 fully saturated rings. The molecule has 0 aliphatic rings. The van der Waals surface area contributed by atoms with E-state index in [2.05, 4.69) is 11.6 Å². The number of esters is 1. The summed E-state index contributed by atoms with van der Waals surface area (Å²) < 4.78 is 4.94. The average molecular weight is 319 g/mol. The van der Waals surface area contributed by atoms with Crippen LogP contribution in [0.3, 0.4) is 0 Å². The molecule has 0 radical (unpaired) electrons. The van der Waals surface area contributed by atoms with Gasteiger partial charge in [-0.05, 0) is 11.1 Å². The fraction of sp³-hybridized carbons (Fsp3) is 0.188. The van der Waals surface area contributed by atoms with Crippen molar-refractivity contribution in [3.05, 3.63) is 48.0 Å². The van der Waals surface area contributed by atoms with E-state index in [0.717, 1.165) is 17.4 Å². The van der Waals surface area contributed by atoms with Crippen molar-refractivity contribution in [2.24, 2.45) is 0 Å². The van der Waals surface area contributed by atoms with Gasteiger partial charge in [-0.15, -0.1) is 0 Å². The Balaban J connectivity index is 1.70. The number of ether oxygens (including phenoxy) is 1. The van der Waals surface area contributed by atoms with Gasteiger partial charge in [-0.1, -0.05) is 36.9 Å². The summed E-state index contributed by atoms with van der Waals surface area (Å²) >= 11 is 1.62. The lowest BCUT2D eigenvalue weighted by atomic mass is 10.1. The van der Waals surface area contributed by atoms with Crippen LogP contribution in [0.25, 0.3) is 6.08 Å².